The monoisotopic (exact) mass is 437 g/mol. The highest BCUT2D eigenvalue weighted by Crippen LogP contribution is 2.33. The Bertz CT molecular complexity index is 1010. The average molecular weight is 438 g/mol. The maximum atomic E-state index is 13.1. The van der Waals surface area contributed by atoms with E-state index in [1.165, 1.54) is 11.3 Å². The second-order valence-electron chi connectivity index (χ2n) is 5.92. The van der Waals surface area contributed by atoms with Gasteiger partial charge in [-0.2, -0.15) is 4.31 Å². The summed E-state index contributed by atoms with van der Waals surface area (Å²) in [7, 11) is -3.62. The lowest BCUT2D eigenvalue weighted by Crippen LogP contribution is -2.40. The Morgan fingerprint density at radius 3 is 2.72 bits per heavy atom. The van der Waals surface area contributed by atoms with Crippen molar-refractivity contribution >= 4 is 37.3 Å². The molecule has 1 aromatic carbocycles. The number of thiazole rings is 1. The summed E-state index contributed by atoms with van der Waals surface area (Å²) in [5, 5.41) is 2.47. The highest BCUT2D eigenvalue weighted by atomic mass is 79.9. The van der Waals surface area contributed by atoms with Gasteiger partial charge in [-0.15, -0.1) is 11.3 Å². The van der Waals surface area contributed by atoms with Gasteiger partial charge >= 0.3 is 0 Å². The number of hydrogen-bond donors (Lipinski definition) is 0. The van der Waals surface area contributed by atoms with Crippen molar-refractivity contribution in [3.05, 3.63) is 58.1 Å². The van der Waals surface area contributed by atoms with Gasteiger partial charge in [-0.3, -0.25) is 0 Å². The predicted molar refractivity (Wildman–Crippen MR) is 102 cm³/mol. The quantitative estimate of drug-likeness (QED) is 0.618. The molecular formula is C17H16BrN3O2S2. The Morgan fingerprint density at radius 2 is 1.96 bits per heavy atom. The van der Waals surface area contributed by atoms with E-state index in [0.29, 0.717) is 18.1 Å². The third-order valence-corrected chi connectivity index (χ3v) is 7.86. The van der Waals surface area contributed by atoms with E-state index in [1.54, 1.807) is 9.69 Å². The first-order valence-electron chi connectivity index (χ1n) is 7.85. The number of sulfonamides is 1. The number of aromatic nitrogens is 2. The molecule has 0 N–H and O–H groups in total. The maximum absolute atomic E-state index is 13.1. The standard InChI is InChI=1S/C17H16BrN3O2S2/c1-12-15-3-2-8-20(15)9-10-21(12)25(22,23)16-11-24-17(19-16)13-4-6-14(18)7-5-13/h2-8,11-12H,9-10H2,1H3. The Morgan fingerprint density at radius 1 is 1.20 bits per heavy atom. The van der Waals surface area contributed by atoms with Crippen LogP contribution < -0.4 is 0 Å². The van der Waals surface area contributed by atoms with Crippen molar-refractivity contribution < 1.29 is 8.42 Å². The second-order valence-corrected chi connectivity index (χ2v) is 9.53. The number of halogens is 1. The van der Waals surface area contributed by atoms with E-state index < -0.39 is 10.0 Å². The second kappa shape index (κ2) is 6.35. The largest absolute Gasteiger partial charge is 0.349 e. The molecule has 3 heterocycles. The normalized spacial score (nSPS) is 18.2. The van der Waals surface area contributed by atoms with Crippen LogP contribution in [0.25, 0.3) is 10.6 Å². The lowest BCUT2D eigenvalue weighted by Gasteiger charge is -2.33. The van der Waals surface area contributed by atoms with Gasteiger partial charge in [0.05, 0.1) is 6.04 Å². The molecule has 1 atom stereocenters. The summed E-state index contributed by atoms with van der Waals surface area (Å²) in [5.41, 5.74) is 1.92. The van der Waals surface area contributed by atoms with Crippen molar-refractivity contribution in [1.29, 1.82) is 0 Å². The first kappa shape index (κ1) is 17.0. The maximum Gasteiger partial charge on any atom is 0.262 e. The zero-order valence-electron chi connectivity index (χ0n) is 13.5. The number of hydrogen-bond acceptors (Lipinski definition) is 4. The number of nitrogens with zero attached hydrogens (tertiary/aromatic N) is 3. The van der Waals surface area contributed by atoms with Crippen molar-refractivity contribution in [2.45, 2.75) is 24.5 Å². The summed E-state index contributed by atoms with van der Waals surface area (Å²) >= 11 is 4.75. The van der Waals surface area contributed by atoms with Crippen LogP contribution in [0.2, 0.25) is 0 Å². The fourth-order valence-electron chi connectivity index (χ4n) is 3.11. The van der Waals surface area contributed by atoms with Gasteiger partial charge in [0.15, 0.2) is 5.03 Å². The average Bonchev–Trinajstić information content (AvgIpc) is 3.25. The van der Waals surface area contributed by atoms with Crippen LogP contribution in [0.1, 0.15) is 18.7 Å². The Kier molecular flexibility index (Phi) is 4.31. The Hall–Kier alpha value is -1.48. The predicted octanol–water partition coefficient (Wildman–Crippen LogP) is 4.14. The molecule has 0 radical (unpaired) electrons. The minimum Gasteiger partial charge on any atom is -0.349 e. The van der Waals surface area contributed by atoms with Crippen molar-refractivity contribution in [3.8, 4) is 10.6 Å². The van der Waals surface area contributed by atoms with E-state index in [4.69, 9.17) is 0 Å². The van der Waals surface area contributed by atoms with Crippen LogP contribution in [0, 0.1) is 0 Å². The molecule has 8 heteroatoms. The van der Waals surface area contributed by atoms with E-state index in [0.717, 1.165) is 15.7 Å². The fraction of sp³-hybridized carbons (Fsp3) is 0.235. The summed E-state index contributed by atoms with van der Waals surface area (Å²) < 4.78 is 30.8. The summed E-state index contributed by atoms with van der Waals surface area (Å²) in [6.45, 7) is 3.04. The molecule has 0 saturated carbocycles. The molecule has 2 aromatic heterocycles. The minimum atomic E-state index is -3.62. The molecule has 3 aromatic rings. The summed E-state index contributed by atoms with van der Waals surface area (Å²) in [6.07, 6.45) is 1.99. The van der Waals surface area contributed by atoms with Crippen LogP contribution in [0.5, 0.6) is 0 Å². The van der Waals surface area contributed by atoms with Crippen LogP contribution in [-0.2, 0) is 16.6 Å². The van der Waals surface area contributed by atoms with Crippen molar-refractivity contribution in [3.63, 3.8) is 0 Å². The van der Waals surface area contributed by atoms with Gasteiger partial charge in [-0.05, 0) is 31.2 Å². The fourth-order valence-corrected chi connectivity index (χ4v) is 6.04. The Labute approximate surface area is 159 Å². The molecule has 0 aliphatic carbocycles. The molecular weight excluding hydrogens is 422 g/mol. The highest BCUT2D eigenvalue weighted by molar-refractivity contribution is 9.10. The van der Waals surface area contributed by atoms with E-state index >= 15 is 0 Å². The molecule has 0 fully saturated rings. The Balaban J connectivity index is 1.66. The van der Waals surface area contributed by atoms with E-state index in [-0.39, 0.29) is 11.1 Å². The minimum absolute atomic E-state index is 0.127. The molecule has 0 saturated heterocycles. The summed E-state index contributed by atoms with van der Waals surface area (Å²) in [4.78, 5) is 4.40. The molecule has 1 aliphatic heterocycles. The van der Waals surface area contributed by atoms with Gasteiger partial charge in [0.2, 0.25) is 0 Å². The molecule has 130 valence electrons. The first-order chi connectivity index (χ1) is 12.0. The van der Waals surface area contributed by atoms with Crippen molar-refractivity contribution in [2.24, 2.45) is 0 Å². The lowest BCUT2D eigenvalue weighted by molar-refractivity contribution is 0.282. The van der Waals surface area contributed by atoms with Crippen LogP contribution >= 0.6 is 27.3 Å². The third-order valence-electron chi connectivity index (χ3n) is 4.43. The van der Waals surface area contributed by atoms with Gasteiger partial charge in [0.1, 0.15) is 5.01 Å². The smallest absolute Gasteiger partial charge is 0.262 e. The van der Waals surface area contributed by atoms with Crippen LogP contribution in [-0.4, -0.2) is 28.8 Å². The molecule has 5 nitrogen and oxygen atoms in total. The van der Waals surface area contributed by atoms with E-state index in [9.17, 15) is 8.42 Å². The van der Waals surface area contributed by atoms with Crippen LogP contribution in [0.3, 0.4) is 0 Å². The van der Waals surface area contributed by atoms with E-state index in [2.05, 4.69) is 25.5 Å². The number of rotatable bonds is 3. The molecule has 0 spiro atoms. The van der Waals surface area contributed by atoms with Gasteiger partial charge in [0.25, 0.3) is 10.0 Å². The first-order valence-corrected chi connectivity index (χ1v) is 11.0. The molecule has 1 aliphatic rings. The molecule has 1 unspecified atom stereocenters. The van der Waals surface area contributed by atoms with E-state index in [1.807, 2.05) is 49.5 Å². The third kappa shape index (κ3) is 2.97. The number of fused-ring (bicyclic) bond motifs is 1. The van der Waals surface area contributed by atoms with Gasteiger partial charge in [-0.25, -0.2) is 13.4 Å². The summed E-state index contributed by atoms with van der Waals surface area (Å²) in [5.74, 6) is 0. The molecule has 25 heavy (non-hydrogen) atoms. The summed E-state index contributed by atoms with van der Waals surface area (Å²) in [6, 6.07) is 11.4. The van der Waals surface area contributed by atoms with Gasteiger partial charge in [0, 0.05) is 40.4 Å². The van der Waals surface area contributed by atoms with Crippen LogP contribution in [0.15, 0.2) is 57.5 Å². The van der Waals surface area contributed by atoms with Crippen LogP contribution in [0.4, 0.5) is 0 Å². The molecule has 0 bridgehead atoms. The zero-order valence-corrected chi connectivity index (χ0v) is 16.7. The van der Waals surface area contributed by atoms with Gasteiger partial charge < -0.3 is 4.57 Å². The molecule has 0 amide bonds. The zero-order chi connectivity index (χ0) is 17.6. The SMILES string of the molecule is CC1c2cccn2CCN1S(=O)(=O)c1csc(-c2ccc(Br)cc2)n1. The van der Waals surface area contributed by atoms with Crippen molar-refractivity contribution in [2.75, 3.05) is 6.54 Å². The van der Waals surface area contributed by atoms with Gasteiger partial charge in [-0.1, -0.05) is 28.1 Å². The molecule has 4 rings (SSSR count). The lowest BCUT2D eigenvalue weighted by atomic mass is 10.2. The number of benzene rings is 1. The van der Waals surface area contributed by atoms with Crippen molar-refractivity contribution in [1.82, 2.24) is 13.9 Å². The highest BCUT2D eigenvalue weighted by Gasteiger charge is 2.35. The topological polar surface area (TPSA) is 55.2 Å².